The highest BCUT2D eigenvalue weighted by Crippen LogP contribution is 2.39. The van der Waals surface area contributed by atoms with Crippen LogP contribution >= 0.6 is 11.6 Å². The standard InChI is InChI=1S/C17H21ClN2O5/c1-4-11(15(22)23)19-14(21)7-8-20-12-9-10(18)5-6-13(12)25-17(2,3)16(20)24/h5-6,9,11H,4,7-8H2,1-3H3,(H,19,21)(H,22,23). The number of hydrogen-bond acceptors (Lipinski definition) is 4. The third kappa shape index (κ3) is 4.22. The first-order valence-electron chi connectivity index (χ1n) is 7.98. The molecule has 0 spiro atoms. The van der Waals surface area contributed by atoms with E-state index in [4.69, 9.17) is 21.4 Å². The van der Waals surface area contributed by atoms with Gasteiger partial charge in [0.05, 0.1) is 5.69 Å². The molecule has 2 N–H and O–H groups in total. The van der Waals surface area contributed by atoms with Crippen LogP contribution in [-0.4, -0.2) is 41.1 Å². The second-order valence-electron chi connectivity index (χ2n) is 6.30. The fraction of sp³-hybridized carbons (Fsp3) is 0.471. The molecule has 0 fully saturated rings. The summed E-state index contributed by atoms with van der Waals surface area (Å²) in [4.78, 5) is 37.1. The quantitative estimate of drug-likeness (QED) is 0.802. The third-order valence-electron chi connectivity index (χ3n) is 3.94. The fourth-order valence-electron chi connectivity index (χ4n) is 2.58. The van der Waals surface area contributed by atoms with Crippen LogP contribution in [0.25, 0.3) is 0 Å². The first-order chi connectivity index (χ1) is 11.7. The van der Waals surface area contributed by atoms with Crippen molar-refractivity contribution in [3.63, 3.8) is 0 Å². The van der Waals surface area contributed by atoms with Crippen molar-refractivity contribution in [3.8, 4) is 5.75 Å². The number of amides is 2. The summed E-state index contributed by atoms with van der Waals surface area (Å²) < 4.78 is 5.71. The highest BCUT2D eigenvalue weighted by Gasteiger charge is 2.41. The highest BCUT2D eigenvalue weighted by molar-refractivity contribution is 6.31. The normalized spacial score (nSPS) is 16.6. The number of fused-ring (bicyclic) bond motifs is 1. The minimum Gasteiger partial charge on any atom is -0.480 e. The molecule has 1 heterocycles. The van der Waals surface area contributed by atoms with Gasteiger partial charge in [0.2, 0.25) is 5.91 Å². The van der Waals surface area contributed by atoms with Crippen LogP contribution in [0.5, 0.6) is 5.75 Å². The van der Waals surface area contributed by atoms with Gasteiger partial charge in [-0.25, -0.2) is 4.79 Å². The van der Waals surface area contributed by atoms with Crippen LogP contribution in [0.4, 0.5) is 5.69 Å². The summed E-state index contributed by atoms with van der Waals surface area (Å²) in [6.07, 6.45) is 0.251. The molecule has 1 atom stereocenters. The predicted molar refractivity (Wildman–Crippen MR) is 93.0 cm³/mol. The van der Waals surface area contributed by atoms with E-state index in [0.717, 1.165) is 0 Å². The minimum atomic E-state index is -1.09. The molecular weight excluding hydrogens is 348 g/mol. The molecule has 0 radical (unpaired) electrons. The Morgan fingerprint density at radius 3 is 2.68 bits per heavy atom. The minimum absolute atomic E-state index is 0.0302. The van der Waals surface area contributed by atoms with Crippen molar-refractivity contribution in [2.24, 2.45) is 0 Å². The van der Waals surface area contributed by atoms with Gasteiger partial charge in [0.1, 0.15) is 11.8 Å². The summed E-state index contributed by atoms with van der Waals surface area (Å²) >= 11 is 6.01. The van der Waals surface area contributed by atoms with Crippen molar-refractivity contribution in [1.29, 1.82) is 0 Å². The monoisotopic (exact) mass is 368 g/mol. The van der Waals surface area contributed by atoms with Gasteiger partial charge in [-0.3, -0.25) is 9.59 Å². The number of ether oxygens (including phenoxy) is 1. The summed E-state index contributed by atoms with van der Waals surface area (Å²) in [6.45, 7) is 5.07. The Labute approximate surface area is 150 Å². The number of nitrogens with zero attached hydrogens (tertiary/aromatic N) is 1. The Balaban J connectivity index is 2.15. The van der Waals surface area contributed by atoms with Gasteiger partial charge in [-0.15, -0.1) is 0 Å². The van der Waals surface area contributed by atoms with E-state index in [1.54, 1.807) is 39.0 Å². The number of carboxylic acid groups (broad SMARTS) is 1. The maximum atomic E-state index is 12.7. The predicted octanol–water partition coefficient (Wildman–Crippen LogP) is 2.21. The molecule has 0 aliphatic carbocycles. The Hall–Kier alpha value is -2.28. The Kier molecular flexibility index (Phi) is 5.57. The van der Waals surface area contributed by atoms with E-state index in [1.807, 2.05) is 0 Å². The molecule has 7 nitrogen and oxygen atoms in total. The number of hydrogen-bond donors (Lipinski definition) is 2. The van der Waals surface area contributed by atoms with Gasteiger partial charge in [-0.05, 0) is 38.5 Å². The molecular formula is C17H21ClN2O5. The SMILES string of the molecule is CCC(NC(=O)CCN1C(=O)C(C)(C)Oc2ccc(Cl)cc21)C(=O)O. The maximum Gasteiger partial charge on any atom is 0.326 e. The largest absolute Gasteiger partial charge is 0.480 e. The molecule has 0 bridgehead atoms. The van der Waals surface area contributed by atoms with E-state index in [-0.39, 0.29) is 25.3 Å². The first kappa shape index (κ1) is 19.1. The Morgan fingerprint density at radius 2 is 2.08 bits per heavy atom. The van der Waals surface area contributed by atoms with E-state index in [1.165, 1.54) is 4.90 Å². The van der Waals surface area contributed by atoms with Crippen molar-refractivity contribution in [1.82, 2.24) is 5.32 Å². The third-order valence-corrected chi connectivity index (χ3v) is 4.18. The Bertz CT molecular complexity index is 704. The number of aliphatic carboxylic acids is 1. The summed E-state index contributed by atoms with van der Waals surface area (Å²) in [7, 11) is 0. The lowest BCUT2D eigenvalue weighted by molar-refractivity contribution is -0.142. The number of halogens is 1. The summed E-state index contributed by atoms with van der Waals surface area (Å²) in [5.41, 5.74) is -0.570. The molecule has 0 saturated carbocycles. The average Bonchev–Trinajstić information content (AvgIpc) is 2.53. The number of carboxylic acids is 1. The van der Waals surface area contributed by atoms with Crippen molar-refractivity contribution in [2.75, 3.05) is 11.4 Å². The molecule has 0 saturated heterocycles. The van der Waals surface area contributed by atoms with Crippen LogP contribution in [0.1, 0.15) is 33.6 Å². The van der Waals surface area contributed by atoms with E-state index in [9.17, 15) is 14.4 Å². The van der Waals surface area contributed by atoms with Gasteiger partial charge in [-0.1, -0.05) is 18.5 Å². The Morgan fingerprint density at radius 1 is 1.40 bits per heavy atom. The van der Waals surface area contributed by atoms with Gasteiger partial charge in [-0.2, -0.15) is 0 Å². The number of benzene rings is 1. The van der Waals surface area contributed by atoms with Crippen LogP contribution in [-0.2, 0) is 14.4 Å². The molecule has 0 aromatic heterocycles. The van der Waals surface area contributed by atoms with Crippen LogP contribution in [0.2, 0.25) is 5.02 Å². The highest BCUT2D eigenvalue weighted by atomic mass is 35.5. The number of nitrogens with one attached hydrogen (secondary N) is 1. The van der Waals surface area contributed by atoms with E-state index in [0.29, 0.717) is 16.5 Å². The molecule has 8 heteroatoms. The molecule has 1 aromatic rings. The molecule has 2 amide bonds. The van der Waals surface area contributed by atoms with Crippen LogP contribution in [0.3, 0.4) is 0 Å². The number of anilines is 1. The van der Waals surface area contributed by atoms with Crippen LogP contribution in [0.15, 0.2) is 18.2 Å². The second-order valence-corrected chi connectivity index (χ2v) is 6.73. The van der Waals surface area contributed by atoms with Gasteiger partial charge >= 0.3 is 5.97 Å². The average molecular weight is 369 g/mol. The molecule has 1 unspecified atom stereocenters. The van der Waals surface area contributed by atoms with Crippen molar-refractivity contribution in [3.05, 3.63) is 23.2 Å². The van der Waals surface area contributed by atoms with Crippen molar-refractivity contribution in [2.45, 2.75) is 45.3 Å². The summed E-state index contributed by atoms with van der Waals surface area (Å²) in [5, 5.41) is 11.9. The molecule has 2 rings (SSSR count). The van der Waals surface area contributed by atoms with E-state index >= 15 is 0 Å². The van der Waals surface area contributed by atoms with Crippen molar-refractivity contribution >= 4 is 35.1 Å². The van der Waals surface area contributed by atoms with Crippen molar-refractivity contribution < 1.29 is 24.2 Å². The molecule has 25 heavy (non-hydrogen) atoms. The molecule has 1 aliphatic rings. The van der Waals surface area contributed by atoms with Gasteiger partial charge < -0.3 is 20.1 Å². The number of rotatable bonds is 6. The van der Waals surface area contributed by atoms with Gasteiger partial charge in [0.25, 0.3) is 5.91 Å². The fourth-order valence-corrected chi connectivity index (χ4v) is 2.75. The molecule has 1 aliphatic heterocycles. The van der Waals surface area contributed by atoms with E-state index in [2.05, 4.69) is 5.32 Å². The summed E-state index contributed by atoms with van der Waals surface area (Å²) in [5.74, 6) is -1.31. The zero-order chi connectivity index (χ0) is 18.8. The maximum absolute atomic E-state index is 12.7. The lowest BCUT2D eigenvalue weighted by Gasteiger charge is -2.38. The lowest BCUT2D eigenvalue weighted by atomic mass is 10.0. The summed E-state index contributed by atoms with van der Waals surface area (Å²) in [6, 6.07) is 4.01. The zero-order valence-electron chi connectivity index (χ0n) is 14.3. The zero-order valence-corrected chi connectivity index (χ0v) is 15.1. The smallest absolute Gasteiger partial charge is 0.326 e. The molecule has 136 valence electrons. The van der Waals surface area contributed by atoms with Gasteiger partial charge in [0, 0.05) is 18.0 Å². The second kappa shape index (κ2) is 7.31. The van der Waals surface area contributed by atoms with Crippen LogP contribution < -0.4 is 15.0 Å². The first-order valence-corrected chi connectivity index (χ1v) is 8.36. The number of carbonyl (C=O) groups is 3. The van der Waals surface area contributed by atoms with Crippen LogP contribution in [0, 0.1) is 0 Å². The topological polar surface area (TPSA) is 95.9 Å². The lowest BCUT2D eigenvalue weighted by Crippen LogP contribution is -2.53. The number of carbonyl (C=O) groups excluding carboxylic acids is 2. The molecule has 1 aromatic carbocycles. The van der Waals surface area contributed by atoms with Gasteiger partial charge in [0.15, 0.2) is 5.60 Å². The van der Waals surface area contributed by atoms with E-state index < -0.39 is 23.5 Å².